The van der Waals surface area contributed by atoms with Crippen molar-refractivity contribution >= 4 is 5.82 Å². The van der Waals surface area contributed by atoms with Crippen LogP contribution in [0.25, 0.3) is 22.9 Å². The number of nitrogens with one attached hydrogen (secondary N) is 1. The number of aliphatic hydroxyl groups is 1. The molecule has 0 radical (unpaired) electrons. The summed E-state index contributed by atoms with van der Waals surface area (Å²) in [7, 11) is 0. The molecule has 31 heavy (non-hydrogen) atoms. The van der Waals surface area contributed by atoms with Gasteiger partial charge in [-0.1, -0.05) is 23.4 Å². The molecule has 0 amide bonds. The first-order valence-corrected chi connectivity index (χ1v) is 9.42. The number of halogens is 2. The molecule has 0 bridgehead atoms. The van der Waals surface area contributed by atoms with E-state index >= 15 is 0 Å². The van der Waals surface area contributed by atoms with Crippen molar-refractivity contribution in [2.24, 2.45) is 5.73 Å². The van der Waals surface area contributed by atoms with Gasteiger partial charge in [-0.05, 0) is 12.1 Å². The summed E-state index contributed by atoms with van der Waals surface area (Å²) in [5.74, 6) is -1.00. The average molecular weight is 427 g/mol. The first-order valence-electron chi connectivity index (χ1n) is 9.42. The Morgan fingerprint density at radius 3 is 2.74 bits per heavy atom. The summed E-state index contributed by atoms with van der Waals surface area (Å²) in [4.78, 5) is 8.18. The van der Waals surface area contributed by atoms with Gasteiger partial charge in [0, 0.05) is 24.7 Å². The molecule has 9 nitrogen and oxygen atoms in total. The van der Waals surface area contributed by atoms with E-state index in [4.69, 9.17) is 10.3 Å². The summed E-state index contributed by atoms with van der Waals surface area (Å²) >= 11 is 0. The van der Waals surface area contributed by atoms with Crippen LogP contribution in [0.2, 0.25) is 0 Å². The number of benzene rings is 1. The summed E-state index contributed by atoms with van der Waals surface area (Å²) in [6, 6.07) is 9.66. The van der Waals surface area contributed by atoms with E-state index in [1.54, 1.807) is 35.0 Å². The Kier molecular flexibility index (Phi) is 5.96. The van der Waals surface area contributed by atoms with Crippen LogP contribution in [0.3, 0.4) is 0 Å². The van der Waals surface area contributed by atoms with Crippen LogP contribution in [0, 0.1) is 11.6 Å². The van der Waals surface area contributed by atoms with Crippen LogP contribution in [0.4, 0.5) is 14.6 Å². The van der Waals surface area contributed by atoms with Crippen LogP contribution in [0.15, 0.2) is 53.4 Å². The molecule has 0 aliphatic carbocycles. The highest BCUT2D eigenvalue weighted by Gasteiger charge is 2.18. The van der Waals surface area contributed by atoms with E-state index in [9.17, 15) is 13.9 Å². The molecule has 0 aliphatic heterocycles. The minimum atomic E-state index is -0.850. The van der Waals surface area contributed by atoms with Crippen LogP contribution in [0.5, 0.6) is 0 Å². The van der Waals surface area contributed by atoms with Crippen molar-refractivity contribution in [3.05, 3.63) is 66.1 Å². The van der Waals surface area contributed by atoms with E-state index in [0.717, 1.165) is 6.20 Å². The summed E-state index contributed by atoms with van der Waals surface area (Å²) in [5, 5.41) is 20.7. The van der Waals surface area contributed by atoms with Crippen LogP contribution < -0.4 is 11.1 Å². The summed E-state index contributed by atoms with van der Waals surface area (Å²) < 4.78 is 34.7. The fraction of sp³-hybridized carbons (Fsp3) is 0.200. The minimum absolute atomic E-state index is 0.0219. The third-order valence-electron chi connectivity index (χ3n) is 4.51. The maximum absolute atomic E-state index is 14.2. The van der Waals surface area contributed by atoms with E-state index in [-0.39, 0.29) is 37.1 Å². The third kappa shape index (κ3) is 4.57. The molecule has 4 rings (SSSR count). The van der Waals surface area contributed by atoms with Crippen LogP contribution >= 0.6 is 0 Å². The number of nitrogens with two attached hydrogens (primary N) is 1. The van der Waals surface area contributed by atoms with Crippen LogP contribution in [0.1, 0.15) is 5.56 Å². The van der Waals surface area contributed by atoms with E-state index < -0.39 is 11.9 Å². The molecule has 1 aromatic carbocycles. The van der Waals surface area contributed by atoms with Crippen molar-refractivity contribution in [3.8, 4) is 22.9 Å². The number of aliphatic hydroxyl groups excluding tert-OH is 1. The maximum Gasteiger partial charge on any atom is 0.183 e. The topological polar surface area (TPSA) is 128 Å². The quantitative estimate of drug-likeness (QED) is 0.390. The number of rotatable bonds is 8. The van der Waals surface area contributed by atoms with Crippen molar-refractivity contribution in [2.45, 2.75) is 12.6 Å². The van der Waals surface area contributed by atoms with Crippen molar-refractivity contribution < 1.29 is 18.4 Å². The predicted molar refractivity (Wildman–Crippen MR) is 108 cm³/mol. The second-order valence-corrected chi connectivity index (χ2v) is 6.71. The molecule has 4 aromatic rings. The highest BCUT2D eigenvalue weighted by atomic mass is 19.1. The third-order valence-corrected chi connectivity index (χ3v) is 4.51. The fourth-order valence-corrected chi connectivity index (χ4v) is 2.90. The lowest BCUT2D eigenvalue weighted by Gasteiger charge is -2.10. The van der Waals surface area contributed by atoms with Crippen LogP contribution in [-0.2, 0) is 6.54 Å². The largest absolute Gasteiger partial charge is 0.390 e. The highest BCUT2D eigenvalue weighted by Crippen LogP contribution is 2.25. The Hall–Kier alpha value is -3.70. The van der Waals surface area contributed by atoms with Crippen LogP contribution in [-0.4, -0.2) is 49.2 Å². The zero-order valence-corrected chi connectivity index (χ0v) is 16.2. The number of aromatic nitrogens is 5. The molecule has 160 valence electrons. The van der Waals surface area contributed by atoms with Gasteiger partial charge in [0.05, 0.1) is 24.5 Å². The normalized spacial score (nSPS) is 12.1. The Morgan fingerprint density at radius 1 is 1.16 bits per heavy atom. The Bertz CT molecular complexity index is 1160. The van der Waals surface area contributed by atoms with E-state index in [0.29, 0.717) is 22.6 Å². The summed E-state index contributed by atoms with van der Waals surface area (Å²) in [6.07, 6.45) is 1.57. The number of hydrogen-bond donors (Lipinski definition) is 3. The van der Waals surface area contributed by atoms with Crippen molar-refractivity contribution in [2.75, 3.05) is 18.4 Å². The maximum atomic E-state index is 14.2. The molecular weight excluding hydrogens is 408 g/mol. The Labute approximate surface area is 175 Å². The minimum Gasteiger partial charge on any atom is -0.390 e. The average Bonchev–Trinajstić information content (AvgIpc) is 3.44. The molecular formula is C20H19F2N7O2. The predicted octanol–water partition coefficient (Wildman–Crippen LogP) is 2.05. The lowest BCUT2D eigenvalue weighted by molar-refractivity contribution is 0.196. The Morgan fingerprint density at radius 2 is 2.00 bits per heavy atom. The number of hydrogen-bond acceptors (Lipinski definition) is 8. The molecule has 3 heterocycles. The van der Waals surface area contributed by atoms with Gasteiger partial charge in [0.25, 0.3) is 0 Å². The van der Waals surface area contributed by atoms with Gasteiger partial charge in [-0.15, -0.1) is 0 Å². The van der Waals surface area contributed by atoms with E-state index in [2.05, 4.69) is 25.5 Å². The molecule has 1 atom stereocenters. The molecule has 3 aromatic heterocycles. The molecule has 1 unspecified atom stereocenters. The van der Waals surface area contributed by atoms with Gasteiger partial charge in [0.2, 0.25) is 0 Å². The lowest BCUT2D eigenvalue weighted by atomic mass is 10.2. The second kappa shape index (κ2) is 8.98. The SMILES string of the molecule is NCC(O)CNc1nc(-c2cc(-c3ccon3)n(Cc3ccccc3F)n2)ncc1F. The number of anilines is 1. The lowest BCUT2D eigenvalue weighted by Crippen LogP contribution is -2.28. The highest BCUT2D eigenvalue weighted by molar-refractivity contribution is 5.63. The molecule has 0 saturated heterocycles. The molecule has 0 saturated carbocycles. The van der Waals surface area contributed by atoms with Crippen molar-refractivity contribution in [3.63, 3.8) is 0 Å². The van der Waals surface area contributed by atoms with E-state index in [1.165, 1.54) is 12.3 Å². The zero-order valence-electron chi connectivity index (χ0n) is 16.2. The Balaban J connectivity index is 1.70. The van der Waals surface area contributed by atoms with Gasteiger partial charge in [0.1, 0.15) is 23.5 Å². The summed E-state index contributed by atoms with van der Waals surface area (Å²) in [6.45, 7) is 0.174. The molecule has 0 spiro atoms. The first-order chi connectivity index (χ1) is 15.0. The standard InChI is InChI=1S/C20H19F2N7O2/c21-14-4-2-1-3-12(14)11-29-18(16-5-6-31-28-16)7-17(27-29)20-25-10-15(22)19(26-20)24-9-13(30)8-23/h1-7,10,13,30H,8-9,11,23H2,(H,24,25,26). The van der Waals surface area contributed by atoms with Gasteiger partial charge in [-0.3, -0.25) is 4.68 Å². The van der Waals surface area contributed by atoms with Crippen molar-refractivity contribution in [1.82, 2.24) is 24.9 Å². The first kappa shape index (κ1) is 20.6. The molecule has 0 fully saturated rings. The molecule has 0 aliphatic rings. The van der Waals surface area contributed by atoms with Gasteiger partial charge in [0.15, 0.2) is 17.5 Å². The van der Waals surface area contributed by atoms with Gasteiger partial charge in [-0.25, -0.2) is 18.7 Å². The van der Waals surface area contributed by atoms with E-state index in [1.807, 2.05) is 0 Å². The zero-order chi connectivity index (χ0) is 21.8. The van der Waals surface area contributed by atoms with Gasteiger partial charge in [-0.2, -0.15) is 5.10 Å². The fourth-order valence-electron chi connectivity index (χ4n) is 2.90. The summed E-state index contributed by atoms with van der Waals surface area (Å²) in [5.41, 5.74) is 7.16. The molecule has 4 N–H and O–H groups in total. The molecule has 11 heteroatoms. The monoisotopic (exact) mass is 427 g/mol. The van der Waals surface area contributed by atoms with Crippen molar-refractivity contribution in [1.29, 1.82) is 0 Å². The number of nitrogens with zero attached hydrogens (tertiary/aromatic N) is 5. The van der Waals surface area contributed by atoms with Gasteiger partial charge >= 0.3 is 0 Å². The second-order valence-electron chi connectivity index (χ2n) is 6.71. The van der Waals surface area contributed by atoms with Gasteiger partial charge < -0.3 is 20.7 Å². The smallest absolute Gasteiger partial charge is 0.183 e.